The van der Waals surface area contributed by atoms with Crippen molar-refractivity contribution in [1.82, 2.24) is 10.2 Å². The van der Waals surface area contributed by atoms with Crippen LogP contribution in [0.25, 0.3) is 0 Å². The topological polar surface area (TPSA) is 96.0 Å². The number of amides is 2. The SMILES string of the molecule is CC(=O)Nc1ccc(Nc2ccc(NC(=O)Cc3ccc(F)cc3)nn2)cc1. The Morgan fingerprint density at radius 2 is 1.43 bits per heavy atom. The zero-order valence-corrected chi connectivity index (χ0v) is 15.1. The minimum Gasteiger partial charge on any atom is -0.339 e. The molecule has 142 valence electrons. The van der Waals surface area contributed by atoms with Gasteiger partial charge in [0.15, 0.2) is 11.6 Å². The average Bonchev–Trinajstić information content (AvgIpc) is 2.66. The van der Waals surface area contributed by atoms with Gasteiger partial charge >= 0.3 is 0 Å². The van der Waals surface area contributed by atoms with E-state index in [0.717, 1.165) is 5.69 Å². The fraction of sp³-hybridized carbons (Fsp3) is 0.100. The first kappa shape index (κ1) is 19.0. The van der Waals surface area contributed by atoms with Crippen LogP contribution in [-0.4, -0.2) is 22.0 Å². The molecule has 0 bridgehead atoms. The third-order valence-corrected chi connectivity index (χ3v) is 3.69. The van der Waals surface area contributed by atoms with Gasteiger partial charge in [0.1, 0.15) is 5.82 Å². The lowest BCUT2D eigenvalue weighted by Crippen LogP contribution is -2.15. The zero-order chi connectivity index (χ0) is 19.9. The summed E-state index contributed by atoms with van der Waals surface area (Å²) in [5.74, 6) is 0.0733. The molecule has 0 saturated heterocycles. The molecule has 0 saturated carbocycles. The van der Waals surface area contributed by atoms with Crippen LogP contribution in [0.15, 0.2) is 60.7 Å². The van der Waals surface area contributed by atoms with Gasteiger partial charge in [0.25, 0.3) is 0 Å². The number of carbonyl (C=O) groups is 2. The van der Waals surface area contributed by atoms with E-state index in [1.165, 1.54) is 19.1 Å². The van der Waals surface area contributed by atoms with Crippen molar-refractivity contribution in [3.05, 3.63) is 72.0 Å². The first-order valence-electron chi connectivity index (χ1n) is 8.50. The normalized spacial score (nSPS) is 10.2. The summed E-state index contributed by atoms with van der Waals surface area (Å²) >= 11 is 0. The number of nitrogens with one attached hydrogen (secondary N) is 3. The molecule has 0 unspecified atom stereocenters. The Balaban J connectivity index is 1.55. The monoisotopic (exact) mass is 379 g/mol. The summed E-state index contributed by atoms with van der Waals surface area (Å²) in [5.41, 5.74) is 2.17. The molecule has 7 nitrogen and oxygen atoms in total. The van der Waals surface area contributed by atoms with Gasteiger partial charge in [0, 0.05) is 18.3 Å². The first-order chi connectivity index (χ1) is 13.5. The average molecular weight is 379 g/mol. The maximum absolute atomic E-state index is 12.9. The van der Waals surface area contributed by atoms with Gasteiger partial charge in [-0.3, -0.25) is 9.59 Å². The molecular formula is C20H18FN5O2. The Morgan fingerprint density at radius 1 is 0.821 bits per heavy atom. The van der Waals surface area contributed by atoms with E-state index in [9.17, 15) is 14.0 Å². The Kier molecular flexibility index (Phi) is 5.91. The van der Waals surface area contributed by atoms with Crippen LogP contribution >= 0.6 is 0 Å². The maximum Gasteiger partial charge on any atom is 0.229 e. The van der Waals surface area contributed by atoms with Crippen molar-refractivity contribution in [3.8, 4) is 0 Å². The molecule has 0 aliphatic rings. The Labute approximate surface area is 161 Å². The van der Waals surface area contributed by atoms with Crippen LogP contribution < -0.4 is 16.0 Å². The van der Waals surface area contributed by atoms with E-state index >= 15 is 0 Å². The summed E-state index contributed by atoms with van der Waals surface area (Å²) in [5, 5.41) is 16.4. The van der Waals surface area contributed by atoms with Crippen molar-refractivity contribution in [2.24, 2.45) is 0 Å². The van der Waals surface area contributed by atoms with Gasteiger partial charge in [-0.2, -0.15) is 0 Å². The van der Waals surface area contributed by atoms with Crippen LogP contribution in [0, 0.1) is 5.82 Å². The number of anilines is 4. The standard InChI is InChI=1S/C20H18FN5O2/c1-13(27)22-16-6-8-17(9-7-16)23-18-10-11-19(26-25-18)24-20(28)12-14-2-4-15(21)5-3-14/h2-11H,12H2,1H3,(H,22,27)(H,23,25)(H,24,26,28). The van der Waals surface area contributed by atoms with Crippen LogP contribution in [0.4, 0.5) is 27.4 Å². The number of rotatable bonds is 6. The molecule has 3 rings (SSSR count). The van der Waals surface area contributed by atoms with Crippen LogP contribution in [0.3, 0.4) is 0 Å². The van der Waals surface area contributed by atoms with Crippen LogP contribution in [0.2, 0.25) is 0 Å². The van der Waals surface area contributed by atoms with E-state index < -0.39 is 0 Å². The smallest absolute Gasteiger partial charge is 0.229 e. The second-order valence-electron chi connectivity index (χ2n) is 6.04. The van der Waals surface area contributed by atoms with Crippen molar-refractivity contribution in [1.29, 1.82) is 0 Å². The summed E-state index contributed by atoms with van der Waals surface area (Å²) in [6, 6.07) is 16.2. The lowest BCUT2D eigenvalue weighted by Gasteiger charge is -2.08. The van der Waals surface area contributed by atoms with Gasteiger partial charge in [-0.1, -0.05) is 12.1 Å². The molecule has 1 heterocycles. The largest absolute Gasteiger partial charge is 0.339 e. The van der Waals surface area contributed by atoms with E-state index in [1.807, 2.05) is 0 Å². The highest BCUT2D eigenvalue weighted by molar-refractivity contribution is 5.91. The van der Waals surface area contributed by atoms with Crippen molar-refractivity contribution in [3.63, 3.8) is 0 Å². The molecule has 28 heavy (non-hydrogen) atoms. The Hall–Kier alpha value is -3.81. The van der Waals surface area contributed by atoms with Crippen LogP contribution in [-0.2, 0) is 16.0 Å². The molecule has 8 heteroatoms. The summed E-state index contributed by atoms with van der Waals surface area (Å²) < 4.78 is 12.9. The van der Waals surface area contributed by atoms with Gasteiger partial charge in [-0.05, 0) is 54.1 Å². The van der Waals surface area contributed by atoms with Gasteiger partial charge in [0.05, 0.1) is 6.42 Å². The molecule has 0 aliphatic carbocycles. The second-order valence-corrected chi connectivity index (χ2v) is 6.04. The fourth-order valence-electron chi connectivity index (χ4n) is 2.43. The van der Waals surface area contributed by atoms with E-state index in [2.05, 4.69) is 26.1 Å². The van der Waals surface area contributed by atoms with Gasteiger partial charge in [-0.25, -0.2) is 4.39 Å². The Morgan fingerprint density at radius 3 is 2.04 bits per heavy atom. The second kappa shape index (κ2) is 8.72. The molecule has 0 atom stereocenters. The maximum atomic E-state index is 12.9. The van der Waals surface area contributed by atoms with Crippen LogP contribution in [0.5, 0.6) is 0 Å². The minimum atomic E-state index is -0.345. The number of carbonyl (C=O) groups excluding carboxylic acids is 2. The highest BCUT2D eigenvalue weighted by atomic mass is 19.1. The third-order valence-electron chi connectivity index (χ3n) is 3.69. The number of nitrogens with zero attached hydrogens (tertiary/aromatic N) is 2. The summed E-state index contributed by atoms with van der Waals surface area (Å²) in [7, 11) is 0. The molecule has 0 fully saturated rings. The lowest BCUT2D eigenvalue weighted by atomic mass is 10.1. The van der Waals surface area contributed by atoms with E-state index in [-0.39, 0.29) is 24.1 Å². The fourth-order valence-corrected chi connectivity index (χ4v) is 2.43. The predicted molar refractivity (Wildman–Crippen MR) is 105 cm³/mol. The third kappa shape index (κ3) is 5.60. The van der Waals surface area contributed by atoms with Gasteiger partial charge in [-0.15, -0.1) is 10.2 Å². The van der Waals surface area contributed by atoms with Gasteiger partial charge in [0.2, 0.25) is 11.8 Å². The molecule has 2 amide bonds. The minimum absolute atomic E-state index is 0.114. The van der Waals surface area contributed by atoms with Gasteiger partial charge < -0.3 is 16.0 Å². The van der Waals surface area contributed by atoms with Crippen molar-refractivity contribution < 1.29 is 14.0 Å². The molecule has 0 spiro atoms. The number of benzene rings is 2. The molecule has 3 N–H and O–H groups in total. The molecular weight excluding hydrogens is 361 g/mol. The lowest BCUT2D eigenvalue weighted by molar-refractivity contribution is -0.116. The summed E-state index contributed by atoms with van der Waals surface area (Å²) in [6.45, 7) is 1.45. The highest BCUT2D eigenvalue weighted by Gasteiger charge is 2.06. The predicted octanol–water partition coefficient (Wildman–Crippen LogP) is 3.50. The van der Waals surface area contributed by atoms with E-state index in [1.54, 1.807) is 48.5 Å². The summed E-state index contributed by atoms with van der Waals surface area (Å²) in [4.78, 5) is 23.1. The quantitative estimate of drug-likeness (QED) is 0.609. The molecule has 3 aromatic rings. The first-order valence-corrected chi connectivity index (χ1v) is 8.50. The molecule has 1 aromatic heterocycles. The van der Waals surface area contributed by atoms with Crippen molar-refractivity contribution in [2.45, 2.75) is 13.3 Å². The molecule has 0 aliphatic heterocycles. The van der Waals surface area contributed by atoms with E-state index in [0.29, 0.717) is 22.9 Å². The number of hydrogen-bond acceptors (Lipinski definition) is 5. The van der Waals surface area contributed by atoms with E-state index in [4.69, 9.17) is 0 Å². The zero-order valence-electron chi connectivity index (χ0n) is 15.1. The summed E-state index contributed by atoms with van der Waals surface area (Å²) in [6.07, 6.45) is 0.114. The molecule has 2 aromatic carbocycles. The number of hydrogen-bond donors (Lipinski definition) is 3. The Bertz CT molecular complexity index is 957. The number of aromatic nitrogens is 2. The molecule has 0 radical (unpaired) electrons. The van der Waals surface area contributed by atoms with Crippen LogP contribution in [0.1, 0.15) is 12.5 Å². The van der Waals surface area contributed by atoms with Crippen molar-refractivity contribution in [2.75, 3.05) is 16.0 Å². The highest BCUT2D eigenvalue weighted by Crippen LogP contribution is 2.18. The number of halogens is 1. The van der Waals surface area contributed by atoms with Crippen molar-refractivity contribution >= 4 is 34.8 Å².